The lowest BCUT2D eigenvalue weighted by molar-refractivity contribution is 0.0445. The summed E-state index contributed by atoms with van der Waals surface area (Å²) in [7, 11) is -3.57. The summed E-state index contributed by atoms with van der Waals surface area (Å²) in [5, 5.41) is 0. The maximum absolute atomic E-state index is 12.7. The third kappa shape index (κ3) is 3.68. The zero-order valence-corrected chi connectivity index (χ0v) is 14.0. The van der Waals surface area contributed by atoms with Gasteiger partial charge in [-0.3, -0.25) is 0 Å². The molecule has 1 aromatic heterocycles. The third-order valence-corrected chi connectivity index (χ3v) is 5.84. The van der Waals surface area contributed by atoms with E-state index in [9.17, 15) is 13.2 Å². The van der Waals surface area contributed by atoms with Crippen LogP contribution >= 0.6 is 0 Å². The highest BCUT2D eigenvalue weighted by molar-refractivity contribution is 7.89. The molecule has 6 nitrogen and oxygen atoms in total. The quantitative estimate of drug-likeness (QED) is 0.776. The van der Waals surface area contributed by atoms with Gasteiger partial charge in [0.15, 0.2) is 0 Å². The van der Waals surface area contributed by atoms with Crippen molar-refractivity contribution < 1.29 is 22.4 Å². The predicted molar refractivity (Wildman–Crippen MR) is 86.9 cm³/mol. The Hall–Kier alpha value is -2.12. The van der Waals surface area contributed by atoms with Crippen LogP contribution in [0.1, 0.15) is 35.4 Å². The van der Waals surface area contributed by atoms with Gasteiger partial charge in [-0.1, -0.05) is 12.5 Å². The van der Waals surface area contributed by atoms with Gasteiger partial charge in [0.05, 0.1) is 16.7 Å². The number of sulfonamides is 1. The van der Waals surface area contributed by atoms with Gasteiger partial charge in [-0.2, -0.15) is 4.31 Å². The highest BCUT2D eigenvalue weighted by atomic mass is 32.2. The van der Waals surface area contributed by atoms with E-state index in [1.807, 2.05) is 0 Å². The van der Waals surface area contributed by atoms with Crippen molar-refractivity contribution in [1.29, 1.82) is 0 Å². The highest BCUT2D eigenvalue weighted by Gasteiger charge is 2.26. The number of hydrogen-bond acceptors (Lipinski definition) is 5. The van der Waals surface area contributed by atoms with Gasteiger partial charge in [0.25, 0.3) is 0 Å². The molecule has 1 aliphatic heterocycles. The SMILES string of the molecule is O=C(OCc1ccco1)c1cccc(S(=O)(=O)N2CCCCC2)c1. The minimum absolute atomic E-state index is 0.00887. The van der Waals surface area contributed by atoms with Crippen molar-refractivity contribution in [2.24, 2.45) is 0 Å². The van der Waals surface area contributed by atoms with Crippen molar-refractivity contribution in [2.75, 3.05) is 13.1 Å². The fourth-order valence-electron chi connectivity index (χ4n) is 2.65. The average Bonchev–Trinajstić information content (AvgIpc) is 3.14. The summed E-state index contributed by atoms with van der Waals surface area (Å²) in [6, 6.07) is 9.38. The van der Waals surface area contributed by atoms with Crippen LogP contribution in [0.4, 0.5) is 0 Å². The molecule has 24 heavy (non-hydrogen) atoms. The van der Waals surface area contributed by atoms with Crippen LogP contribution in [-0.4, -0.2) is 31.8 Å². The topological polar surface area (TPSA) is 76.8 Å². The van der Waals surface area contributed by atoms with Gasteiger partial charge >= 0.3 is 5.97 Å². The number of hydrogen-bond donors (Lipinski definition) is 0. The molecule has 7 heteroatoms. The smallest absolute Gasteiger partial charge is 0.338 e. The van der Waals surface area contributed by atoms with E-state index in [-0.39, 0.29) is 17.1 Å². The Kier molecular flexibility index (Phi) is 5.01. The zero-order valence-electron chi connectivity index (χ0n) is 13.2. The second kappa shape index (κ2) is 7.19. The second-order valence-corrected chi connectivity index (χ2v) is 7.59. The van der Waals surface area contributed by atoms with Gasteiger partial charge in [0.1, 0.15) is 12.4 Å². The molecule has 1 fully saturated rings. The Morgan fingerprint density at radius 1 is 1.12 bits per heavy atom. The van der Waals surface area contributed by atoms with Crippen LogP contribution < -0.4 is 0 Å². The molecule has 1 aromatic carbocycles. The summed E-state index contributed by atoms with van der Waals surface area (Å²) in [4.78, 5) is 12.2. The van der Waals surface area contributed by atoms with E-state index in [0.29, 0.717) is 18.8 Å². The first-order chi connectivity index (χ1) is 11.6. The Morgan fingerprint density at radius 2 is 1.92 bits per heavy atom. The van der Waals surface area contributed by atoms with E-state index in [4.69, 9.17) is 9.15 Å². The Morgan fingerprint density at radius 3 is 2.62 bits per heavy atom. The average molecular weight is 349 g/mol. The normalized spacial score (nSPS) is 16.0. The molecule has 3 rings (SSSR count). The van der Waals surface area contributed by atoms with Crippen molar-refractivity contribution in [3.63, 3.8) is 0 Å². The number of esters is 1. The number of furan rings is 1. The molecule has 1 aliphatic rings. The van der Waals surface area contributed by atoms with Crippen molar-refractivity contribution in [3.05, 3.63) is 54.0 Å². The fourth-order valence-corrected chi connectivity index (χ4v) is 4.22. The summed E-state index contributed by atoms with van der Waals surface area (Å²) in [5.74, 6) is -0.0532. The van der Waals surface area contributed by atoms with E-state index in [0.717, 1.165) is 19.3 Å². The van der Waals surface area contributed by atoms with Gasteiger partial charge in [-0.05, 0) is 43.2 Å². The van der Waals surface area contributed by atoms with E-state index in [1.54, 1.807) is 24.3 Å². The van der Waals surface area contributed by atoms with Crippen LogP contribution in [0.25, 0.3) is 0 Å². The maximum Gasteiger partial charge on any atom is 0.338 e. The summed E-state index contributed by atoms with van der Waals surface area (Å²) < 4.78 is 37.0. The molecular formula is C17H19NO5S. The maximum atomic E-state index is 12.7. The standard InChI is InChI=1S/C17H19NO5S/c19-17(23-13-15-7-5-11-22-15)14-6-4-8-16(12-14)24(20,21)18-9-2-1-3-10-18/h4-8,11-12H,1-3,9-10,13H2. The molecule has 0 atom stereocenters. The van der Waals surface area contributed by atoms with Crippen molar-refractivity contribution in [3.8, 4) is 0 Å². The van der Waals surface area contributed by atoms with Gasteiger partial charge < -0.3 is 9.15 Å². The van der Waals surface area contributed by atoms with Crippen LogP contribution in [0.15, 0.2) is 52.0 Å². The summed E-state index contributed by atoms with van der Waals surface area (Å²) in [6.07, 6.45) is 4.27. The number of carbonyl (C=O) groups is 1. The Bertz CT molecular complexity index is 792. The van der Waals surface area contributed by atoms with Crippen molar-refractivity contribution in [2.45, 2.75) is 30.8 Å². The predicted octanol–water partition coefficient (Wildman–Crippen LogP) is 2.81. The molecule has 0 radical (unpaired) electrons. The zero-order chi connectivity index (χ0) is 17.0. The van der Waals surface area contributed by atoms with E-state index in [2.05, 4.69) is 0 Å². The third-order valence-electron chi connectivity index (χ3n) is 3.95. The lowest BCUT2D eigenvalue weighted by Crippen LogP contribution is -2.35. The molecule has 0 aliphatic carbocycles. The summed E-state index contributed by atoms with van der Waals surface area (Å²) >= 11 is 0. The minimum atomic E-state index is -3.57. The summed E-state index contributed by atoms with van der Waals surface area (Å²) in [5.41, 5.74) is 0.208. The molecule has 0 spiro atoms. The summed E-state index contributed by atoms with van der Waals surface area (Å²) in [6.45, 7) is 1.06. The molecule has 2 heterocycles. The van der Waals surface area contributed by atoms with Crippen LogP contribution in [0.3, 0.4) is 0 Å². The molecular weight excluding hydrogens is 330 g/mol. The Balaban J connectivity index is 1.74. The fraction of sp³-hybridized carbons (Fsp3) is 0.353. The van der Waals surface area contributed by atoms with E-state index >= 15 is 0 Å². The van der Waals surface area contributed by atoms with Crippen LogP contribution in [-0.2, 0) is 21.4 Å². The number of benzene rings is 1. The number of rotatable bonds is 5. The number of carbonyl (C=O) groups excluding carboxylic acids is 1. The molecule has 0 amide bonds. The molecule has 0 unspecified atom stereocenters. The first-order valence-corrected chi connectivity index (χ1v) is 9.31. The van der Waals surface area contributed by atoms with Gasteiger partial charge in [0.2, 0.25) is 10.0 Å². The second-order valence-electron chi connectivity index (χ2n) is 5.65. The first kappa shape index (κ1) is 16.7. The van der Waals surface area contributed by atoms with Gasteiger partial charge in [0, 0.05) is 13.1 Å². The number of nitrogens with zero attached hydrogens (tertiary/aromatic N) is 1. The molecule has 0 N–H and O–H groups in total. The molecule has 0 saturated carbocycles. The molecule has 1 saturated heterocycles. The minimum Gasteiger partial charge on any atom is -0.466 e. The lowest BCUT2D eigenvalue weighted by atomic mass is 10.2. The number of ether oxygens (including phenoxy) is 1. The van der Waals surface area contributed by atoms with Crippen LogP contribution in [0.5, 0.6) is 0 Å². The first-order valence-electron chi connectivity index (χ1n) is 7.87. The molecule has 128 valence electrons. The molecule has 2 aromatic rings. The van der Waals surface area contributed by atoms with E-state index in [1.165, 1.54) is 22.7 Å². The van der Waals surface area contributed by atoms with Crippen LogP contribution in [0, 0.1) is 0 Å². The van der Waals surface area contributed by atoms with Crippen molar-refractivity contribution >= 4 is 16.0 Å². The molecule has 0 bridgehead atoms. The van der Waals surface area contributed by atoms with Gasteiger partial charge in [-0.25, -0.2) is 13.2 Å². The highest BCUT2D eigenvalue weighted by Crippen LogP contribution is 2.21. The Labute approximate surface area is 141 Å². The van der Waals surface area contributed by atoms with E-state index < -0.39 is 16.0 Å². The van der Waals surface area contributed by atoms with Crippen LogP contribution in [0.2, 0.25) is 0 Å². The van der Waals surface area contributed by atoms with Crippen molar-refractivity contribution in [1.82, 2.24) is 4.31 Å². The lowest BCUT2D eigenvalue weighted by Gasteiger charge is -2.25. The largest absolute Gasteiger partial charge is 0.466 e. The monoisotopic (exact) mass is 349 g/mol. The van der Waals surface area contributed by atoms with Gasteiger partial charge in [-0.15, -0.1) is 0 Å². The number of piperidine rings is 1.